The predicted molar refractivity (Wildman–Crippen MR) is 97.8 cm³/mol. The Balaban J connectivity index is 1.51. The maximum atomic E-state index is 13.8. The van der Waals surface area contributed by atoms with E-state index >= 15 is 0 Å². The van der Waals surface area contributed by atoms with Gasteiger partial charge in [-0.05, 0) is 17.7 Å². The first-order valence-corrected chi connectivity index (χ1v) is 10.1. The summed E-state index contributed by atoms with van der Waals surface area (Å²) >= 11 is 0. The van der Waals surface area contributed by atoms with Gasteiger partial charge in [-0.1, -0.05) is 42.5 Å². The van der Waals surface area contributed by atoms with Crippen LogP contribution < -0.4 is 0 Å². The molecule has 0 aliphatic carbocycles. The Morgan fingerprint density at radius 2 is 1.59 bits per heavy atom. The molecule has 1 aliphatic rings. The molecule has 144 valence electrons. The van der Waals surface area contributed by atoms with Crippen LogP contribution in [0.5, 0.6) is 0 Å². The standard InChI is InChI=1S/C19H21FN2O4S/c20-17-8-4-5-9-18(17)27(24,25)22-12-10-21(11-13-22)19(23)15-26-14-16-6-2-1-3-7-16/h1-9H,10-15H2. The summed E-state index contributed by atoms with van der Waals surface area (Å²) in [5.74, 6) is -0.959. The third kappa shape index (κ3) is 4.71. The number of hydrogen-bond donors (Lipinski definition) is 0. The zero-order valence-electron chi connectivity index (χ0n) is 14.8. The molecule has 2 aromatic carbocycles. The van der Waals surface area contributed by atoms with Crippen LogP contribution in [0.3, 0.4) is 0 Å². The van der Waals surface area contributed by atoms with Crippen molar-refractivity contribution in [3.05, 3.63) is 66.0 Å². The highest BCUT2D eigenvalue weighted by Crippen LogP contribution is 2.20. The van der Waals surface area contributed by atoms with Crippen LogP contribution in [-0.4, -0.2) is 56.3 Å². The van der Waals surface area contributed by atoms with E-state index in [1.165, 1.54) is 22.5 Å². The lowest BCUT2D eigenvalue weighted by Gasteiger charge is -2.34. The SMILES string of the molecule is O=C(COCc1ccccc1)N1CCN(S(=O)(=O)c2ccccc2F)CC1. The molecule has 1 heterocycles. The van der Waals surface area contributed by atoms with Crippen molar-refractivity contribution in [3.63, 3.8) is 0 Å². The first-order valence-electron chi connectivity index (χ1n) is 8.62. The molecule has 0 aromatic heterocycles. The van der Waals surface area contributed by atoms with Crippen LogP contribution in [-0.2, 0) is 26.2 Å². The van der Waals surface area contributed by atoms with Crippen molar-refractivity contribution in [2.24, 2.45) is 0 Å². The minimum absolute atomic E-state index is 0.0606. The highest BCUT2D eigenvalue weighted by atomic mass is 32.2. The summed E-state index contributed by atoms with van der Waals surface area (Å²) in [5.41, 5.74) is 0.978. The minimum Gasteiger partial charge on any atom is -0.367 e. The summed E-state index contributed by atoms with van der Waals surface area (Å²) in [6.07, 6.45) is 0. The second-order valence-electron chi connectivity index (χ2n) is 6.19. The molecule has 1 amide bonds. The van der Waals surface area contributed by atoms with E-state index < -0.39 is 15.8 Å². The molecule has 1 fully saturated rings. The molecule has 1 saturated heterocycles. The van der Waals surface area contributed by atoms with E-state index in [4.69, 9.17) is 4.74 Å². The number of halogens is 1. The third-order valence-electron chi connectivity index (χ3n) is 4.38. The monoisotopic (exact) mass is 392 g/mol. The first kappa shape index (κ1) is 19.5. The summed E-state index contributed by atoms with van der Waals surface area (Å²) < 4.78 is 45.6. The number of carbonyl (C=O) groups is 1. The van der Waals surface area contributed by atoms with Crippen LogP contribution in [0.2, 0.25) is 0 Å². The van der Waals surface area contributed by atoms with Gasteiger partial charge in [0.05, 0.1) is 6.61 Å². The third-order valence-corrected chi connectivity index (χ3v) is 6.31. The molecule has 1 aliphatic heterocycles. The lowest BCUT2D eigenvalue weighted by atomic mass is 10.2. The Morgan fingerprint density at radius 3 is 2.26 bits per heavy atom. The minimum atomic E-state index is -3.91. The second kappa shape index (κ2) is 8.60. The van der Waals surface area contributed by atoms with Gasteiger partial charge in [0.15, 0.2) is 0 Å². The number of rotatable bonds is 6. The summed E-state index contributed by atoms with van der Waals surface area (Å²) in [5, 5.41) is 0. The topological polar surface area (TPSA) is 66.9 Å². The Morgan fingerprint density at radius 1 is 0.963 bits per heavy atom. The molecule has 0 unspecified atom stereocenters. The number of amides is 1. The van der Waals surface area contributed by atoms with E-state index in [1.54, 1.807) is 4.90 Å². The molecule has 0 atom stereocenters. The van der Waals surface area contributed by atoms with Crippen molar-refractivity contribution in [2.75, 3.05) is 32.8 Å². The molecule has 27 heavy (non-hydrogen) atoms. The lowest BCUT2D eigenvalue weighted by molar-refractivity contribution is -0.137. The van der Waals surface area contributed by atoms with Gasteiger partial charge in [-0.15, -0.1) is 0 Å². The van der Waals surface area contributed by atoms with Crippen molar-refractivity contribution in [2.45, 2.75) is 11.5 Å². The Hall–Kier alpha value is -2.29. The van der Waals surface area contributed by atoms with Crippen LogP contribution in [0.4, 0.5) is 4.39 Å². The van der Waals surface area contributed by atoms with E-state index in [0.29, 0.717) is 6.61 Å². The molecule has 0 bridgehead atoms. The molecular formula is C19H21FN2O4S. The number of hydrogen-bond acceptors (Lipinski definition) is 4. The first-order chi connectivity index (χ1) is 13.0. The lowest BCUT2D eigenvalue weighted by Crippen LogP contribution is -2.51. The highest BCUT2D eigenvalue weighted by Gasteiger charge is 2.31. The van der Waals surface area contributed by atoms with Crippen LogP contribution in [0.1, 0.15) is 5.56 Å². The maximum Gasteiger partial charge on any atom is 0.248 e. The predicted octanol–water partition coefficient (Wildman–Crippen LogP) is 1.88. The second-order valence-corrected chi connectivity index (χ2v) is 8.10. The number of carbonyl (C=O) groups excluding carboxylic acids is 1. The Labute approximate surface area is 158 Å². The van der Waals surface area contributed by atoms with Gasteiger partial charge in [-0.3, -0.25) is 4.79 Å². The molecule has 0 spiro atoms. The molecule has 0 radical (unpaired) electrons. The molecule has 8 heteroatoms. The van der Waals surface area contributed by atoms with Crippen LogP contribution in [0.25, 0.3) is 0 Å². The zero-order valence-corrected chi connectivity index (χ0v) is 15.6. The van der Waals surface area contributed by atoms with Gasteiger partial charge in [0.25, 0.3) is 0 Å². The summed E-state index contributed by atoms with van der Waals surface area (Å²) in [6.45, 7) is 1.04. The van der Waals surface area contributed by atoms with Gasteiger partial charge in [0, 0.05) is 26.2 Å². The van der Waals surface area contributed by atoms with Crippen molar-refractivity contribution in [1.82, 2.24) is 9.21 Å². The van der Waals surface area contributed by atoms with Gasteiger partial charge >= 0.3 is 0 Å². The van der Waals surface area contributed by atoms with Crippen molar-refractivity contribution in [1.29, 1.82) is 0 Å². The Kier molecular flexibility index (Phi) is 6.20. The smallest absolute Gasteiger partial charge is 0.248 e. The summed E-state index contributed by atoms with van der Waals surface area (Å²) in [7, 11) is -3.91. The maximum absolute atomic E-state index is 13.8. The quantitative estimate of drug-likeness (QED) is 0.753. The molecule has 0 saturated carbocycles. The molecular weight excluding hydrogens is 371 g/mol. The number of ether oxygens (including phenoxy) is 1. The van der Waals surface area contributed by atoms with Gasteiger partial charge in [0.1, 0.15) is 17.3 Å². The number of piperazine rings is 1. The fourth-order valence-corrected chi connectivity index (χ4v) is 4.38. The average Bonchev–Trinajstić information content (AvgIpc) is 2.69. The molecule has 2 aromatic rings. The van der Waals surface area contributed by atoms with E-state index in [0.717, 1.165) is 11.6 Å². The summed E-state index contributed by atoms with van der Waals surface area (Å²) in [6, 6.07) is 14.8. The zero-order chi connectivity index (χ0) is 19.3. The van der Waals surface area contributed by atoms with Crippen molar-refractivity contribution < 1.29 is 22.3 Å². The normalized spacial score (nSPS) is 15.7. The van der Waals surface area contributed by atoms with E-state index in [2.05, 4.69) is 0 Å². The number of nitrogens with zero attached hydrogens (tertiary/aromatic N) is 2. The Bertz CT molecular complexity index is 882. The van der Waals surface area contributed by atoms with E-state index in [1.807, 2.05) is 30.3 Å². The average molecular weight is 392 g/mol. The highest BCUT2D eigenvalue weighted by molar-refractivity contribution is 7.89. The largest absolute Gasteiger partial charge is 0.367 e. The van der Waals surface area contributed by atoms with Gasteiger partial charge in [-0.2, -0.15) is 4.31 Å². The van der Waals surface area contributed by atoms with Crippen LogP contribution in [0.15, 0.2) is 59.5 Å². The van der Waals surface area contributed by atoms with Crippen LogP contribution in [0, 0.1) is 5.82 Å². The molecule has 6 nitrogen and oxygen atoms in total. The fraction of sp³-hybridized carbons (Fsp3) is 0.316. The van der Waals surface area contributed by atoms with Gasteiger partial charge < -0.3 is 9.64 Å². The van der Waals surface area contributed by atoms with E-state index in [9.17, 15) is 17.6 Å². The summed E-state index contributed by atoms with van der Waals surface area (Å²) in [4.78, 5) is 13.5. The van der Waals surface area contributed by atoms with Gasteiger partial charge in [-0.25, -0.2) is 12.8 Å². The van der Waals surface area contributed by atoms with Gasteiger partial charge in [0.2, 0.25) is 15.9 Å². The van der Waals surface area contributed by atoms with E-state index in [-0.39, 0.29) is 43.6 Å². The fourth-order valence-electron chi connectivity index (χ4n) is 2.89. The van der Waals surface area contributed by atoms with Crippen molar-refractivity contribution >= 4 is 15.9 Å². The molecule has 3 rings (SSSR count). The molecule has 0 N–H and O–H groups in total. The number of benzene rings is 2. The van der Waals surface area contributed by atoms with Crippen molar-refractivity contribution in [3.8, 4) is 0 Å². The number of sulfonamides is 1. The van der Waals surface area contributed by atoms with Crippen LogP contribution >= 0.6 is 0 Å².